The van der Waals surface area contributed by atoms with Crippen LogP contribution in [0.3, 0.4) is 0 Å². The lowest BCUT2D eigenvalue weighted by molar-refractivity contribution is 0.260. The predicted octanol–water partition coefficient (Wildman–Crippen LogP) is 4.63. The van der Waals surface area contributed by atoms with Crippen LogP contribution in [0.1, 0.15) is 30.9 Å². The van der Waals surface area contributed by atoms with Gasteiger partial charge in [0.15, 0.2) is 0 Å². The van der Waals surface area contributed by atoms with E-state index in [4.69, 9.17) is 16.3 Å². The van der Waals surface area contributed by atoms with Crippen molar-refractivity contribution in [2.24, 2.45) is 0 Å². The van der Waals surface area contributed by atoms with Crippen LogP contribution in [0.25, 0.3) is 0 Å². The van der Waals surface area contributed by atoms with Crippen LogP contribution in [0.4, 0.5) is 4.39 Å². The number of likely N-dealkylation sites (N-methyl/N-ethyl adjacent to an activating group) is 1. The van der Waals surface area contributed by atoms with E-state index in [-0.39, 0.29) is 12.4 Å². The summed E-state index contributed by atoms with van der Waals surface area (Å²) in [5.41, 5.74) is 1.60. The maximum absolute atomic E-state index is 13.8. The van der Waals surface area contributed by atoms with Gasteiger partial charge in [0, 0.05) is 24.7 Å². The molecule has 0 radical (unpaired) electrons. The third kappa shape index (κ3) is 4.97. The van der Waals surface area contributed by atoms with Crippen molar-refractivity contribution in [2.75, 3.05) is 19.6 Å². The van der Waals surface area contributed by atoms with Gasteiger partial charge in [-0.1, -0.05) is 36.7 Å². The Labute approximate surface area is 160 Å². The molecule has 1 heterocycles. The maximum Gasteiger partial charge on any atom is 0.131 e. The second-order valence-corrected chi connectivity index (χ2v) is 7.10. The molecule has 2 aromatic rings. The first-order valence-electron chi connectivity index (χ1n) is 9.26. The van der Waals surface area contributed by atoms with Crippen LogP contribution in [0.2, 0.25) is 5.02 Å². The summed E-state index contributed by atoms with van der Waals surface area (Å²) in [6, 6.07) is 13.2. The molecule has 3 nitrogen and oxygen atoms in total. The van der Waals surface area contributed by atoms with E-state index in [1.54, 1.807) is 12.1 Å². The van der Waals surface area contributed by atoms with Gasteiger partial charge in [-0.3, -0.25) is 4.90 Å². The Morgan fingerprint density at radius 2 is 2.04 bits per heavy atom. The first-order chi connectivity index (χ1) is 12.7. The Kier molecular flexibility index (Phi) is 6.89. The van der Waals surface area contributed by atoms with Crippen molar-refractivity contribution in [1.82, 2.24) is 10.2 Å². The van der Waals surface area contributed by atoms with Gasteiger partial charge in [0.1, 0.15) is 18.2 Å². The number of benzene rings is 2. The zero-order valence-electron chi connectivity index (χ0n) is 15.2. The fraction of sp³-hybridized carbons (Fsp3) is 0.429. The molecule has 1 aliphatic rings. The highest BCUT2D eigenvalue weighted by molar-refractivity contribution is 6.31. The predicted molar refractivity (Wildman–Crippen MR) is 104 cm³/mol. The Morgan fingerprint density at radius 1 is 1.23 bits per heavy atom. The van der Waals surface area contributed by atoms with Gasteiger partial charge in [-0.15, -0.1) is 0 Å². The first-order valence-corrected chi connectivity index (χ1v) is 9.64. The van der Waals surface area contributed by atoms with Gasteiger partial charge in [0.2, 0.25) is 0 Å². The van der Waals surface area contributed by atoms with Crippen LogP contribution in [0.5, 0.6) is 5.75 Å². The van der Waals surface area contributed by atoms with Gasteiger partial charge < -0.3 is 10.1 Å². The maximum atomic E-state index is 13.8. The van der Waals surface area contributed by atoms with E-state index >= 15 is 0 Å². The molecule has 0 aromatic heterocycles. The highest BCUT2D eigenvalue weighted by atomic mass is 35.5. The molecule has 26 heavy (non-hydrogen) atoms. The first kappa shape index (κ1) is 19.2. The Morgan fingerprint density at radius 3 is 2.77 bits per heavy atom. The monoisotopic (exact) mass is 376 g/mol. The summed E-state index contributed by atoms with van der Waals surface area (Å²) < 4.78 is 19.4. The summed E-state index contributed by atoms with van der Waals surface area (Å²) in [6.45, 7) is 6.57. The van der Waals surface area contributed by atoms with E-state index in [0.29, 0.717) is 22.4 Å². The van der Waals surface area contributed by atoms with Crippen LogP contribution < -0.4 is 10.1 Å². The van der Waals surface area contributed by atoms with Gasteiger partial charge in [-0.2, -0.15) is 0 Å². The van der Waals surface area contributed by atoms with E-state index in [1.807, 2.05) is 24.3 Å². The van der Waals surface area contributed by atoms with Crippen molar-refractivity contribution in [3.05, 3.63) is 64.4 Å². The minimum absolute atomic E-state index is 0.123. The SMILES string of the molecule is CCN1CCC[C@@H]1CNCc1ccc(OCc2c(F)cccc2Cl)cc1. The van der Waals surface area contributed by atoms with E-state index in [1.165, 1.54) is 31.0 Å². The minimum Gasteiger partial charge on any atom is -0.489 e. The van der Waals surface area contributed by atoms with Gasteiger partial charge >= 0.3 is 0 Å². The Hall–Kier alpha value is -1.62. The quantitative estimate of drug-likeness (QED) is 0.726. The molecule has 1 aliphatic heterocycles. The van der Waals surface area contributed by atoms with Crippen LogP contribution in [-0.4, -0.2) is 30.6 Å². The van der Waals surface area contributed by atoms with Gasteiger partial charge in [0.05, 0.1) is 5.02 Å². The molecule has 0 unspecified atom stereocenters. The molecule has 1 atom stereocenters. The molecule has 1 N–H and O–H groups in total. The molecule has 0 amide bonds. The molecule has 0 aliphatic carbocycles. The van der Waals surface area contributed by atoms with Crippen LogP contribution >= 0.6 is 11.6 Å². The normalized spacial score (nSPS) is 17.6. The number of ether oxygens (including phenoxy) is 1. The Bertz CT molecular complexity index is 687. The third-order valence-electron chi connectivity index (χ3n) is 4.98. The third-order valence-corrected chi connectivity index (χ3v) is 5.34. The van der Waals surface area contributed by atoms with Crippen molar-refractivity contribution in [3.8, 4) is 5.75 Å². The summed E-state index contributed by atoms with van der Waals surface area (Å²) in [4.78, 5) is 2.54. The number of halogens is 2. The molecular formula is C21H26ClFN2O. The zero-order chi connectivity index (χ0) is 18.4. The number of hydrogen-bond acceptors (Lipinski definition) is 3. The Balaban J connectivity index is 1.46. The van der Waals surface area contributed by atoms with Gasteiger partial charge in [-0.25, -0.2) is 4.39 Å². The van der Waals surface area contributed by atoms with Crippen LogP contribution in [0.15, 0.2) is 42.5 Å². The summed E-state index contributed by atoms with van der Waals surface area (Å²) in [5.74, 6) is 0.368. The zero-order valence-corrected chi connectivity index (χ0v) is 15.9. The lowest BCUT2D eigenvalue weighted by Crippen LogP contribution is -2.37. The molecular weight excluding hydrogens is 351 g/mol. The molecule has 140 valence electrons. The summed E-state index contributed by atoms with van der Waals surface area (Å²) in [7, 11) is 0. The lowest BCUT2D eigenvalue weighted by Gasteiger charge is -2.23. The van der Waals surface area contributed by atoms with Crippen LogP contribution in [-0.2, 0) is 13.2 Å². The molecule has 0 saturated carbocycles. The molecule has 0 bridgehead atoms. The fourth-order valence-electron chi connectivity index (χ4n) is 3.46. The van der Waals surface area contributed by atoms with Crippen molar-refractivity contribution < 1.29 is 9.13 Å². The number of likely N-dealkylation sites (tertiary alicyclic amines) is 1. The minimum atomic E-state index is -0.341. The molecule has 3 rings (SSSR count). The standard InChI is InChI=1S/C21H26ClFN2O/c1-2-25-12-4-5-17(25)14-24-13-16-8-10-18(11-9-16)26-15-19-20(22)6-3-7-21(19)23/h3,6-11,17,24H,2,4-5,12-15H2,1H3/t17-/m1/s1. The second kappa shape index (κ2) is 9.36. The van der Waals surface area contributed by atoms with Crippen molar-refractivity contribution in [2.45, 2.75) is 39.0 Å². The van der Waals surface area contributed by atoms with E-state index < -0.39 is 0 Å². The van der Waals surface area contributed by atoms with Gasteiger partial charge in [0.25, 0.3) is 0 Å². The average Bonchev–Trinajstić information content (AvgIpc) is 3.10. The van der Waals surface area contributed by atoms with Crippen molar-refractivity contribution in [3.63, 3.8) is 0 Å². The number of nitrogens with zero attached hydrogens (tertiary/aromatic N) is 1. The smallest absolute Gasteiger partial charge is 0.131 e. The molecule has 2 aromatic carbocycles. The fourth-order valence-corrected chi connectivity index (χ4v) is 3.67. The molecule has 1 fully saturated rings. The highest BCUT2D eigenvalue weighted by Crippen LogP contribution is 2.22. The highest BCUT2D eigenvalue weighted by Gasteiger charge is 2.21. The van der Waals surface area contributed by atoms with Gasteiger partial charge in [-0.05, 0) is 55.8 Å². The average molecular weight is 377 g/mol. The molecule has 1 saturated heterocycles. The van der Waals surface area contributed by atoms with Crippen molar-refractivity contribution in [1.29, 1.82) is 0 Å². The van der Waals surface area contributed by atoms with E-state index in [2.05, 4.69) is 17.1 Å². The lowest BCUT2D eigenvalue weighted by atomic mass is 10.2. The molecule has 5 heteroatoms. The topological polar surface area (TPSA) is 24.5 Å². The van der Waals surface area contributed by atoms with E-state index in [9.17, 15) is 4.39 Å². The number of nitrogens with one attached hydrogen (secondary N) is 1. The summed E-state index contributed by atoms with van der Waals surface area (Å²) in [5, 5.41) is 3.94. The summed E-state index contributed by atoms with van der Waals surface area (Å²) in [6.07, 6.45) is 2.59. The second-order valence-electron chi connectivity index (χ2n) is 6.69. The van der Waals surface area contributed by atoms with E-state index in [0.717, 1.165) is 19.6 Å². The number of hydrogen-bond donors (Lipinski definition) is 1. The van der Waals surface area contributed by atoms with Crippen molar-refractivity contribution >= 4 is 11.6 Å². The van der Waals surface area contributed by atoms with Crippen LogP contribution in [0, 0.1) is 5.82 Å². The molecule has 0 spiro atoms. The largest absolute Gasteiger partial charge is 0.489 e. The number of rotatable bonds is 8. The summed E-state index contributed by atoms with van der Waals surface area (Å²) >= 11 is 6.02.